The smallest absolute Gasteiger partial charge is 0.321 e. The number of benzene rings is 1. The number of anilines is 1. The van der Waals surface area contributed by atoms with Crippen molar-refractivity contribution in [3.8, 4) is 0 Å². The average Bonchev–Trinajstić information content (AvgIpc) is 3.24. The van der Waals surface area contributed by atoms with Crippen LogP contribution in [0.3, 0.4) is 0 Å². The molecule has 0 unspecified atom stereocenters. The van der Waals surface area contributed by atoms with Gasteiger partial charge in [0.05, 0.1) is 0 Å². The van der Waals surface area contributed by atoms with Crippen LogP contribution in [0.2, 0.25) is 0 Å². The molecule has 1 aliphatic carbocycles. The molecule has 2 rings (SSSR count). The summed E-state index contributed by atoms with van der Waals surface area (Å²) in [6.45, 7) is 5.18. The molecule has 2 N–H and O–H groups in total. The number of carbonyl (C=O) groups is 2. The zero-order chi connectivity index (χ0) is 14.5. The van der Waals surface area contributed by atoms with E-state index in [9.17, 15) is 9.59 Å². The summed E-state index contributed by atoms with van der Waals surface area (Å²) in [5.74, 6) is -0.0774. The van der Waals surface area contributed by atoms with Gasteiger partial charge in [0.25, 0.3) is 5.91 Å². The third kappa shape index (κ3) is 3.73. The van der Waals surface area contributed by atoms with Crippen LogP contribution < -0.4 is 10.6 Å². The van der Waals surface area contributed by atoms with Crippen molar-refractivity contribution in [2.45, 2.75) is 32.7 Å². The topological polar surface area (TPSA) is 61.4 Å². The molecule has 0 aliphatic heterocycles. The van der Waals surface area contributed by atoms with Crippen molar-refractivity contribution >= 4 is 17.6 Å². The lowest BCUT2D eigenvalue weighted by Crippen LogP contribution is -2.34. The SMILES string of the molecule is CCN(CC)C(=O)Nc1cccc(C(=O)NC2CC2)c1. The molecule has 20 heavy (non-hydrogen) atoms. The largest absolute Gasteiger partial charge is 0.349 e. The van der Waals surface area contributed by atoms with E-state index >= 15 is 0 Å². The molecule has 1 aromatic rings. The van der Waals surface area contributed by atoms with E-state index in [0.717, 1.165) is 12.8 Å². The van der Waals surface area contributed by atoms with Crippen LogP contribution in [0.4, 0.5) is 10.5 Å². The Morgan fingerprint density at radius 1 is 1.25 bits per heavy atom. The van der Waals surface area contributed by atoms with Crippen molar-refractivity contribution in [1.82, 2.24) is 10.2 Å². The minimum Gasteiger partial charge on any atom is -0.349 e. The number of amides is 3. The zero-order valence-corrected chi connectivity index (χ0v) is 12.0. The highest BCUT2D eigenvalue weighted by atomic mass is 16.2. The second-order valence-corrected chi connectivity index (χ2v) is 4.93. The molecule has 0 bridgehead atoms. The number of urea groups is 1. The summed E-state index contributed by atoms with van der Waals surface area (Å²) in [4.78, 5) is 25.6. The fourth-order valence-electron chi connectivity index (χ4n) is 1.95. The van der Waals surface area contributed by atoms with Crippen LogP contribution in [0.25, 0.3) is 0 Å². The van der Waals surface area contributed by atoms with E-state index in [1.165, 1.54) is 0 Å². The van der Waals surface area contributed by atoms with Crippen molar-refractivity contribution in [3.63, 3.8) is 0 Å². The molecular weight excluding hydrogens is 254 g/mol. The van der Waals surface area contributed by atoms with Crippen molar-refractivity contribution in [1.29, 1.82) is 0 Å². The molecule has 1 aromatic carbocycles. The minimum atomic E-state index is -0.144. The summed E-state index contributed by atoms with van der Waals surface area (Å²) in [5, 5.41) is 5.75. The first-order chi connectivity index (χ1) is 9.63. The summed E-state index contributed by atoms with van der Waals surface area (Å²) in [6, 6.07) is 7.21. The van der Waals surface area contributed by atoms with Gasteiger partial charge >= 0.3 is 6.03 Å². The van der Waals surface area contributed by atoms with E-state index in [1.54, 1.807) is 29.2 Å². The molecule has 1 saturated carbocycles. The van der Waals surface area contributed by atoms with Gasteiger partial charge in [-0.2, -0.15) is 0 Å². The maximum atomic E-state index is 12.0. The third-order valence-corrected chi connectivity index (χ3v) is 3.34. The van der Waals surface area contributed by atoms with Gasteiger partial charge < -0.3 is 15.5 Å². The monoisotopic (exact) mass is 275 g/mol. The Morgan fingerprint density at radius 2 is 1.95 bits per heavy atom. The second kappa shape index (κ2) is 6.41. The van der Waals surface area contributed by atoms with Crippen molar-refractivity contribution in [2.75, 3.05) is 18.4 Å². The first-order valence-corrected chi connectivity index (χ1v) is 7.11. The van der Waals surface area contributed by atoms with E-state index in [2.05, 4.69) is 10.6 Å². The van der Waals surface area contributed by atoms with Gasteiger partial charge in [0.15, 0.2) is 0 Å². The number of nitrogens with one attached hydrogen (secondary N) is 2. The van der Waals surface area contributed by atoms with Gasteiger partial charge in [0.2, 0.25) is 0 Å². The summed E-state index contributed by atoms with van der Waals surface area (Å²) in [7, 11) is 0. The molecule has 0 heterocycles. The van der Waals surface area contributed by atoms with Crippen LogP contribution in [0.1, 0.15) is 37.0 Å². The van der Waals surface area contributed by atoms with E-state index in [4.69, 9.17) is 0 Å². The number of rotatable bonds is 5. The second-order valence-electron chi connectivity index (χ2n) is 4.93. The molecule has 1 aliphatic rings. The van der Waals surface area contributed by atoms with E-state index in [-0.39, 0.29) is 11.9 Å². The molecule has 3 amide bonds. The molecule has 108 valence electrons. The fourth-order valence-corrected chi connectivity index (χ4v) is 1.95. The maximum Gasteiger partial charge on any atom is 0.321 e. The molecule has 0 radical (unpaired) electrons. The summed E-state index contributed by atoms with van der Waals surface area (Å²) >= 11 is 0. The van der Waals surface area contributed by atoms with Crippen molar-refractivity contribution in [3.05, 3.63) is 29.8 Å². The van der Waals surface area contributed by atoms with Gasteiger partial charge in [-0.15, -0.1) is 0 Å². The lowest BCUT2D eigenvalue weighted by atomic mass is 10.2. The zero-order valence-electron chi connectivity index (χ0n) is 12.0. The molecule has 0 spiro atoms. The summed E-state index contributed by atoms with van der Waals surface area (Å²) in [5.41, 5.74) is 1.22. The first-order valence-electron chi connectivity index (χ1n) is 7.11. The first kappa shape index (κ1) is 14.4. The van der Waals surface area contributed by atoms with Crippen LogP contribution >= 0.6 is 0 Å². The Hall–Kier alpha value is -2.04. The normalized spacial score (nSPS) is 13.7. The number of hydrogen-bond acceptors (Lipinski definition) is 2. The van der Waals surface area contributed by atoms with Gasteiger partial charge in [0, 0.05) is 30.4 Å². The lowest BCUT2D eigenvalue weighted by Gasteiger charge is -2.19. The van der Waals surface area contributed by atoms with E-state index < -0.39 is 0 Å². The van der Waals surface area contributed by atoms with Crippen LogP contribution in [-0.4, -0.2) is 36.0 Å². The Labute approximate surface area is 119 Å². The van der Waals surface area contributed by atoms with Crippen LogP contribution in [0.5, 0.6) is 0 Å². The van der Waals surface area contributed by atoms with Crippen LogP contribution in [-0.2, 0) is 0 Å². The van der Waals surface area contributed by atoms with Gasteiger partial charge in [-0.05, 0) is 44.9 Å². The molecular formula is C15H21N3O2. The molecule has 5 heteroatoms. The van der Waals surface area contributed by atoms with Crippen molar-refractivity contribution in [2.24, 2.45) is 0 Å². The van der Waals surface area contributed by atoms with Crippen LogP contribution in [0.15, 0.2) is 24.3 Å². The molecule has 0 atom stereocenters. The minimum absolute atomic E-state index is 0.0774. The lowest BCUT2D eigenvalue weighted by molar-refractivity contribution is 0.0951. The highest BCUT2D eigenvalue weighted by Gasteiger charge is 2.23. The Balaban J connectivity index is 2.01. The third-order valence-electron chi connectivity index (χ3n) is 3.34. The highest BCUT2D eigenvalue weighted by molar-refractivity contribution is 5.97. The van der Waals surface area contributed by atoms with Gasteiger partial charge in [-0.25, -0.2) is 4.79 Å². The predicted molar refractivity (Wildman–Crippen MR) is 78.9 cm³/mol. The number of carbonyl (C=O) groups excluding carboxylic acids is 2. The van der Waals surface area contributed by atoms with Crippen LogP contribution in [0, 0.1) is 0 Å². The maximum absolute atomic E-state index is 12.0. The predicted octanol–water partition coefficient (Wildman–Crippen LogP) is 2.45. The van der Waals surface area contributed by atoms with E-state index in [0.29, 0.717) is 30.4 Å². The van der Waals surface area contributed by atoms with Crippen molar-refractivity contribution < 1.29 is 9.59 Å². The number of nitrogens with zero attached hydrogens (tertiary/aromatic N) is 1. The van der Waals surface area contributed by atoms with E-state index in [1.807, 2.05) is 13.8 Å². The summed E-state index contributed by atoms with van der Waals surface area (Å²) < 4.78 is 0. The molecule has 0 aromatic heterocycles. The van der Waals surface area contributed by atoms with Gasteiger partial charge in [-0.1, -0.05) is 6.07 Å². The number of hydrogen-bond donors (Lipinski definition) is 2. The standard InChI is InChI=1S/C15H21N3O2/c1-3-18(4-2)15(20)17-13-7-5-6-11(10-13)14(19)16-12-8-9-12/h5-7,10,12H,3-4,8-9H2,1-2H3,(H,16,19)(H,17,20). The molecule has 1 fully saturated rings. The summed E-state index contributed by atoms with van der Waals surface area (Å²) in [6.07, 6.45) is 2.12. The highest BCUT2D eigenvalue weighted by Crippen LogP contribution is 2.20. The Morgan fingerprint density at radius 3 is 2.55 bits per heavy atom. The van der Waals surface area contributed by atoms with Gasteiger partial charge in [-0.3, -0.25) is 4.79 Å². The Kier molecular flexibility index (Phi) is 4.61. The fraction of sp³-hybridized carbons (Fsp3) is 0.467. The molecule has 5 nitrogen and oxygen atoms in total. The Bertz CT molecular complexity index is 494. The van der Waals surface area contributed by atoms with Gasteiger partial charge in [0.1, 0.15) is 0 Å². The quantitative estimate of drug-likeness (QED) is 0.867. The average molecular weight is 275 g/mol. The molecule has 0 saturated heterocycles.